The monoisotopic (exact) mass is 300 g/mol. The zero-order valence-corrected chi connectivity index (χ0v) is 12.7. The second kappa shape index (κ2) is 7.75. The van der Waals surface area contributed by atoms with Gasteiger partial charge >= 0.3 is 11.9 Å². The topological polar surface area (TPSA) is 71.1 Å². The van der Waals surface area contributed by atoms with E-state index in [0.29, 0.717) is 26.1 Å². The lowest BCUT2D eigenvalue weighted by Gasteiger charge is -2.17. The van der Waals surface area contributed by atoms with Crippen LogP contribution in [0.2, 0.25) is 0 Å². The average Bonchev–Trinajstić information content (AvgIpc) is 3.01. The van der Waals surface area contributed by atoms with Crippen molar-refractivity contribution in [3.05, 3.63) is 0 Å². The maximum Gasteiger partial charge on any atom is 0.306 e. The van der Waals surface area contributed by atoms with E-state index >= 15 is 0 Å². The highest BCUT2D eigenvalue weighted by molar-refractivity contribution is 5.70. The molecule has 6 nitrogen and oxygen atoms in total. The Hall–Kier alpha value is -1.14. The van der Waals surface area contributed by atoms with E-state index in [4.69, 9.17) is 18.9 Å². The minimum absolute atomic E-state index is 0.221. The Kier molecular flexibility index (Phi) is 5.99. The maximum atomic E-state index is 11.7. The van der Waals surface area contributed by atoms with E-state index in [1.165, 1.54) is 0 Å². The number of carbonyl (C=O) groups is 2. The molecule has 0 saturated carbocycles. The molecule has 2 fully saturated rings. The van der Waals surface area contributed by atoms with Gasteiger partial charge in [-0.05, 0) is 12.8 Å². The third-order valence-electron chi connectivity index (χ3n) is 3.72. The fourth-order valence-electron chi connectivity index (χ4n) is 2.61. The number of fused-ring (bicyclic) bond motifs is 1. The fourth-order valence-corrected chi connectivity index (χ4v) is 2.61. The number of carbonyl (C=O) groups excluding carboxylic acids is 2. The Morgan fingerprint density at radius 3 is 1.90 bits per heavy atom. The van der Waals surface area contributed by atoms with E-state index in [1.54, 1.807) is 0 Å². The van der Waals surface area contributed by atoms with Crippen LogP contribution in [0.1, 0.15) is 46.0 Å². The van der Waals surface area contributed by atoms with Crippen molar-refractivity contribution in [1.82, 2.24) is 0 Å². The van der Waals surface area contributed by atoms with Crippen molar-refractivity contribution in [2.75, 3.05) is 13.2 Å². The van der Waals surface area contributed by atoms with E-state index in [0.717, 1.165) is 19.3 Å². The van der Waals surface area contributed by atoms with Crippen LogP contribution in [0.3, 0.4) is 0 Å². The first-order valence-electron chi connectivity index (χ1n) is 7.77. The number of ether oxygens (including phenoxy) is 4. The van der Waals surface area contributed by atoms with Crippen molar-refractivity contribution >= 4 is 11.9 Å². The van der Waals surface area contributed by atoms with Crippen molar-refractivity contribution in [3.8, 4) is 0 Å². The molecule has 2 aliphatic rings. The molecule has 2 rings (SSSR count). The molecule has 0 aliphatic carbocycles. The molecule has 4 unspecified atom stereocenters. The van der Waals surface area contributed by atoms with Gasteiger partial charge in [0.2, 0.25) is 0 Å². The third-order valence-corrected chi connectivity index (χ3v) is 3.72. The highest BCUT2D eigenvalue weighted by Gasteiger charge is 2.51. The lowest BCUT2D eigenvalue weighted by Crippen LogP contribution is -2.35. The van der Waals surface area contributed by atoms with Crippen LogP contribution in [-0.4, -0.2) is 49.6 Å². The van der Waals surface area contributed by atoms with Gasteiger partial charge in [0.1, 0.15) is 12.2 Å². The summed E-state index contributed by atoms with van der Waals surface area (Å²) in [5.74, 6) is -0.458. The first-order chi connectivity index (χ1) is 10.2. The van der Waals surface area contributed by atoms with Gasteiger partial charge < -0.3 is 18.9 Å². The summed E-state index contributed by atoms with van der Waals surface area (Å²) >= 11 is 0. The van der Waals surface area contributed by atoms with Gasteiger partial charge in [-0.15, -0.1) is 0 Å². The quantitative estimate of drug-likeness (QED) is 0.665. The Labute approximate surface area is 125 Å². The summed E-state index contributed by atoms with van der Waals surface area (Å²) in [5.41, 5.74) is 0. The minimum atomic E-state index is -0.395. The van der Waals surface area contributed by atoms with Crippen LogP contribution < -0.4 is 0 Å². The number of esters is 2. The van der Waals surface area contributed by atoms with Crippen LogP contribution in [0.5, 0.6) is 0 Å². The largest absolute Gasteiger partial charge is 0.457 e. The molecular weight excluding hydrogens is 276 g/mol. The molecule has 0 N–H and O–H groups in total. The average molecular weight is 300 g/mol. The number of rotatable bonds is 7. The zero-order valence-electron chi connectivity index (χ0n) is 12.7. The van der Waals surface area contributed by atoms with Crippen molar-refractivity contribution in [3.63, 3.8) is 0 Å². The molecule has 2 saturated heterocycles. The summed E-state index contributed by atoms with van der Waals surface area (Å²) in [5, 5.41) is 0. The molecule has 0 amide bonds. The summed E-state index contributed by atoms with van der Waals surface area (Å²) in [6.45, 7) is 4.55. The lowest BCUT2D eigenvalue weighted by atomic mass is 10.1. The highest BCUT2D eigenvalue weighted by Crippen LogP contribution is 2.31. The molecule has 0 aromatic rings. The summed E-state index contributed by atoms with van der Waals surface area (Å²) in [7, 11) is 0. The molecule has 120 valence electrons. The normalized spacial score (nSPS) is 31.0. The predicted octanol–water partition coefficient (Wildman–Crippen LogP) is 1.60. The van der Waals surface area contributed by atoms with Gasteiger partial charge in [-0.25, -0.2) is 0 Å². The van der Waals surface area contributed by atoms with E-state index < -0.39 is 12.2 Å². The second-order valence-electron chi connectivity index (χ2n) is 5.51. The molecule has 4 atom stereocenters. The van der Waals surface area contributed by atoms with Crippen molar-refractivity contribution in [2.45, 2.75) is 70.4 Å². The Bertz CT molecular complexity index is 369. The van der Waals surface area contributed by atoms with E-state index in [9.17, 15) is 9.59 Å². The Morgan fingerprint density at radius 2 is 1.43 bits per heavy atom. The molecule has 0 radical (unpaired) electrons. The Morgan fingerprint density at radius 1 is 0.905 bits per heavy atom. The number of unbranched alkanes of at least 4 members (excludes halogenated alkanes) is 1. The standard InChI is InChI=1S/C15H24O6/c1-3-5-7-13(17)21-11-9-19-14-10(8-18-15(11)14)20-12(16)6-4-2/h10-11,14-15H,3-9H2,1-2H3. The van der Waals surface area contributed by atoms with Crippen molar-refractivity contribution < 1.29 is 28.5 Å². The smallest absolute Gasteiger partial charge is 0.306 e. The van der Waals surface area contributed by atoms with Gasteiger partial charge in [0.25, 0.3) is 0 Å². The number of hydrogen-bond donors (Lipinski definition) is 0. The summed E-state index contributed by atoms with van der Waals surface area (Å²) in [6, 6.07) is 0. The molecule has 21 heavy (non-hydrogen) atoms. The van der Waals surface area contributed by atoms with E-state index in [2.05, 4.69) is 0 Å². The molecular formula is C15H24O6. The SMILES string of the molecule is CCCCC(=O)OC1COC2C(OC(=O)CCC)COC12. The van der Waals surface area contributed by atoms with Crippen molar-refractivity contribution in [2.24, 2.45) is 0 Å². The predicted molar refractivity (Wildman–Crippen MR) is 73.7 cm³/mol. The van der Waals surface area contributed by atoms with Crippen LogP contribution in [-0.2, 0) is 28.5 Å². The van der Waals surface area contributed by atoms with Gasteiger partial charge in [-0.2, -0.15) is 0 Å². The molecule has 2 aliphatic heterocycles. The van der Waals surface area contributed by atoms with Crippen LogP contribution in [0.25, 0.3) is 0 Å². The third kappa shape index (κ3) is 4.17. The first kappa shape index (κ1) is 16.2. The molecule has 0 bridgehead atoms. The fraction of sp³-hybridized carbons (Fsp3) is 0.867. The summed E-state index contributed by atoms with van der Waals surface area (Å²) in [6.07, 6.45) is 1.89. The summed E-state index contributed by atoms with van der Waals surface area (Å²) < 4.78 is 22.0. The maximum absolute atomic E-state index is 11.7. The first-order valence-corrected chi connectivity index (χ1v) is 7.77. The van der Waals surface area contributed by atoms with Gasteiger partial charge in [-0.1, -0.05) is 20.3 Å². The van der Waals surface area contributed by atoms with Crippen LogP contribution in [0.15, 0.2) is 0 Å². The molecule has 0 aromatic heterocycles. The van der Waals surface area contributed by atoms with E-state index in [1.807, 2.05) is 13.8 Å². The van der Waals surface area contributed by atoms with Gasteiger partial charge in [0, 0.05) is 12.8 Å². The molecule has 0 aromatic carbocycles. The minimum Gasteiger partial charge on any atom is -0.457 e. The van der Waals surface area contributed by atoms with Gasteiger partial charge in [-0.3, -0.25) is 9.59 Å². The van der Waals surface area contributed by atoms with Gasteiger partial charge in [0.05, 0.1) is 13.2 Å². The van der Waals surface area contributed by atoms with Crippen molar-refractivity contribution in [1.29, 1.82) is 0 Å². The van der Waals surface area contributed by atoms with Crippen LogP contribution >= 0.6 is 0 Å². The number of hydrogen-bond acceptors (Lipinski definition) is 6. The molecule has 6 heteroatoms. The van der Waals surface area contributed by atoms with Crippen LogP contribution in [0.4, 0.5) is 0 Å². The summed E-state index contributed by atoms with van der Waals surface area (Å²) in [4.78, 5) is 23.2. The second-order valence-corrected chi connectivity index (χ2v) is 5.51. The lowest BCUT2D eigenvalue weighted by molar-refractivity contribution is -0.155. The Balaban J connectivity index is 1.81. The van der Waals surface area contributed by atoms with E-state index in [-0.39, 0.29) is 24.1 Å². The molecule has 0 spiro atoms. The van der Waals surface area contributed by atoms with Gasteiger partial charge in [0.15, 0.2) is 12.2 Å². The van der Waals surface area contributed by atoms with Crippen LogP contribution in [0, 0.1) is 0 Å². The zero-order chi connectivity index (χ0) is 15.2. The highest BCUT2D eigenvalue weighted by atomic mass is 16.7. The molecule has 2 heterocycles.